The van der Waals surface area contributed by atoms with Crippen molar-refractivity contribution in [1.82, 2.24) is 9.80 Å². The molecule has 232 valence electrons. The van der Waals surface area contributed by atoms with Crippen LogP contribution in [0.2, 0.25) is 0 Å². The van der Waals surface area contributed by atoms with Crippen LogP contribution >= 0.6 is 0 Å². The fourth-order valence-corrected chi connectivity index (χ4v) is 7.65. The molecule has 4 aliphatic heterocycles. The van der Waals surface area contributed by atoms with Gasteiger partial charge in [0.2, 0.25) is 0 Å². The number of halogens is 2. The summed E-state index contributed by atoms with van der Waals surface area (Å²) < 4.78 is 37.5. The van der Waals surface area contributed by atoms with Crippen molar-refractivity contribution in [3.05, 3.63) is 71.8 Å². The maximum absolute atomic E-state index is 13.9. The van der Waals surface area contributed by atoms with E-state index in [0.29, 0.717) is 38.0 Å². The van der Waals surface area contributed by atoms with Crippen LogP contribution in [0.4, 0.5) is 8.78 Å². The minimum absolute atomic E-state index is 0.0508. The molecule has 4 aliphatic rings. The highest BCUT2D eigenvalue weighted by atomic mass is 19.3. The van der Waals surface area contributed by atoms with E-state index in [9.17, 15) is 23.2 Å². The van der Waals surface area contributed by atoms with Gasteiger partial charge in [0.25, 0.3) is 5.92 Å². The number of methoxy groups -OCH3 is 2. The highest BCUT2D eigenvalue weighted by Crippen LogP contribution is 2.45. The molecule has 0 saturated carbocycles. The van der Waals surface area contributed by atoms with E-state index in [1.54, 1.807) is 0 Å². The van der Waals surface area contributed by atoms with Crippen molar-refractivity contribution in [3.8, 4) is 0 Å². The number of ketones is 1. The van der Waals surface area contributed by atoms with E-state index >= 15 is 0 Å². The summed E-state index contributed by atoms with van der Waals surface area (Å²) in [7, 11) is 2.81. The van der Waals surface area contributed by atoms with Crippen LogP contribution in [0.3, 0.4) is 0 Å². The van der Waals surface area contributed by atoms with Gasteiger partial charge in [-0.3, -0.25) is 24.2 Å². The predicted molar refractivity (Wildman–Crippen MR) is 157 cm³/mol. The summed E-state index contributed by atoms with van der Waals surface area (Å²) in [6, 6.07) is 20.0. The van der Waals surface area contributed by atoms with Gasteiger partial charge in [-0.1, -0.05) is 60.7 Å². The molecule has 0 radical (unpaired) electrons. The molecule has 0 aliphatic carbocycles. The Bertz CT molecular complexity index is 1220. The molecule has 4 unspecified atom stereocenters. The second-order valence-electron chi connectivity index (χ2n) is 12.5. The van der Waals surface area contributed by atoms with Crippen LogP contribution in [-0.4, -0.2) is 71.8 Å². The Kier molecular flexibility index (Phi) is 9.92. The van der Waals surface area contributed by atoms with Crippen LogP contribution in [0, 0.1) is 11.8 Å². The van der Waals surface area contributed by atoms with Crippen LogP contribution in [0.25, 0.3) is 0 Å². The zero-order valence-corrected chi connectivity index (χ0v) is 25.0. The van der Waals surface area contributed by atoms with Gasteiger partial charge >= 0.3 is 11.9 Å². The minimum atomic E-state index is -2.62. The first-order valence-electron chi connectivity index (χ1n) is 15.3. The lowest BCUT2D eigenvalue weighted by molar-refractivity contribution is -0.160. The van der Waals surface area contributed by atoms with E-state index in [1.807, 2.05) is 48.5 Å². The molecular weight excluding hydrogens is 554 g/mol. The molecule has 4 saturated heterocycles. The molecule has 4 atom stereocenters. The summed E-state index contributed by atoms with van der Waals surface area (Å²) >= 11 is 0. The highest BCUT2D eigenvalue weighted by Gasteiger charge is 2.50. The molecule has 4 fully saturated rings. The number of esters is 2. The number of carbonyl (C=O) groups excluding carboxylic acids is 3. The lowest BCUT2D eigenvalue weighted by Gasteiger charge is -2.50. The molecule has 43 heavy (non-hydrogen) atoms. The van der Waals surface area contributed by atoms with E-state index < -0.39 is 5.92 Å². The second-order valence-corrected chi connectivity index (χ2v) is 12.5. The monoisotopic (exact) mass is 596 g/mol. The normalized spacial score (nSPS) is 30.0. The molecule has 0 spiro atoms. The zero-order valence-electron chi connectivity index (χ0n) is 25.0. The molecule has 4 heterocycles. The molecular formula is C34H42F2N2O5. The quantitative estimate of drug-likeness (QED) is 0.413. The summed E-state index contributed by atoms with van der Waals surface area (Å²) in [5.41, 5.74) is 2.39. The van der Waals surface area contributed by atoms with Crippen LogP contribution in [-0.2, 0) is 36.9 Å². The number of Topliss-reactive ketones (excluding diaryl/α,β-unsaturated/α-hetero) is 1. The number of nitrogens with zero attached hydrogens (tertiary/aromatic N) is 2. The van der Waals surface area contributed by atoms with Gasteiger partial charge < -0.3 is 9.47 Å². The Morgan fingerprint density at radius 2 is 1.07 bits per heavy atom. The largest absolute Gasteiger partial charge is 0.469 e. The molecule has 2 aromatic rings. The van der Waals surface area contributed by atoms with Crippen molar-refractivity contribution in [3.63, 3.8) is 0 Å². The van der Waals surface area contributed by atoms with Gasteiger partial charge in [-0.05, 0) is 36.8 Å². The number of piperidine rings is 4. The molecule has 0 amide bonds. The number of hydrogen-bond donors (Lipinski definition) is 0. The molecule has 6 rings (SSSR count). The lowest BCUT2D eigenvalue weighted by atomic mass is 9.76. The minimum Gasteiger partial charge on any atom is -0.469 e. The van der Waals surface area contributed by atoms with Gasteiger partial charge in [-0.2, -0.15) is 0 Å². The second kappa shape index (κ2) is 13.6. The third-order valence-electron chi connectivity index (χ3n) is 9.58. The topological polar surface area (TPSA) is 76.1 Å². The number of ether oxygens (including phenoxy) is 2. The van der Waals surface area contributed by atoms with Gasteiger partial charge in [0.15, 0.2) is 0 Å². The number of alkyl halides is 2. The third kappa shape index (κ3) is 7.68. The first kappa shape index (κ1) is 31.3. The molecule has 4 bridgehead atoms. The first-order valence-corrected chi connectivity index (χ1v) is 15.3. The van der Waals surface area contributed by atoms with Crippen molar-refractivity contribution in [2.24, 2.45) is 11.8 Å². The molecule has 2 aromatic carbocycles. The first-order chi connectivity index (χ1) is 20.7. The van der Waals surface area contributed by atoms with Gasteiger partial charge in [0.1, 0.15) is 5.78 Å². The summed E-state index contributed by atoms with van der Waals surface area (Å²) in [6.07, 6.45) is 3.21. The van der Waals surface area contributed by atoms with E-state index in [-0.39, 0.29) is 60.8 Å². The number of benzene rings is 2. The molecule has 0 N–H and O–H groups in total. The van der Waals surface area contributed by atoms with Gasteiger partial charge in [0, 0.05) is 62.9 Å². The summed E-state index contributed by atoms with van der Waals surface area (Å²) in [5, 5.41) is 0. The Balaban J connectivity index is 0.000000171. The molecule has 0 aromatic heterocycles. The number of rotatable bonds is 6. The highest BCUT2D eigenvalue weighted by molar-refractivity contribution is 5.81. The third-order valence-corrected chi connectivity index (χ3v) is 9.58. The van der Waals surface area contributed by atoms with Crippen molar-refractivity contribution in [2.75, 3.05) is 14.2 Å². The van der Waals surface area contributed by atoms with Gasteiger partial charge in [0.05, 0.1) is 26.1 Å². The maximum Gasteiger partial charge on any atom is 0.308 e. The van der Waals surface area contributed by atoms with Crippen molar-refractivity contribution < 1.29 is 32.6 Å². The summed E-state index contributed by atoms with van der Waals surface area (Å²) in [4.78, 5) is 40.1. The van der Waals surface area contributed by atoms with Gasteiger partial charge in [-0.15, -0.1) is 0 Å². The molecule has 9 heteroatoms. The van der Waals surface area contributed by atoms with Crippen LogP contribution in [0.15, 0.2) is 60.7 Å². The van der Waals surface area contributed by atoms with E-state index in [1.165, 1.54) is 19.8 Å². The average Bonchev–Trinajstić information content (AvgIpc) is 2.98. The number of carbonyl (C=O) groups is 3. The Morgan fingerprint density at radius 1 is 0.698 bits per heavy atom. The zero-order chi connectivity index (χ0) is 30.6. The maximum atomic E-state index is 13.9. The van der Waals surface area contributed by atoms with Crippen molar-refractivity contribution >= 4 is 17.7 Å². The number of fused-ring (bicyclic) bond motifs is 4. The SMILES string of the molecule is COC(=O)C1CC2CC(=O)CC(C1)N2Cc1ccccc1.COC(=O)C1CC2CC(F)(F)CC(C1)N2Cc1ccccc1. The Labute approximate surface area is 252 Å². The van der Waals surface area contributed by atoms with Crippen molar-refractivity contribution in [1.29, 1.82) is 0 Å². The van der Waals surface area contributed by atoms with E-state index in [2.05, 4.69) is 21.9 Å². The predicted octanol–water partition coefficient (Wildman–Crippen LogP) is 5.41. The van der Waals surface area contributed by atoms with E-state index in [0.717, 1.165) is 24.9 Å². The summed E-state index contributed by atoms with van der Waals surface area (Å²) in [6.45, 7) is 1.53. The molecule has 7 nitrogen and oxygen atoms in total. The Hall–Kier alpha value is -3.17. The van der Waals surface area contributed by atoms with Gasteiger partial charge in [-0.25, -0.2) is 8.78 Å². The lowest BCUT2D eigenvalue weighted by Crippen LogP contribution is -2.57. The van der Waals surface area contributed by atoms with Crippen LogP contribution in [0.5, 0.6) is 0 Å². The Morgan fingerprint density at radius 3 is 1.47 bits per heavy atom. The smallest absolute Gasteiger partial charge is 0.308 e. The standard InChI is InChI=1S/C17H21F2NO2.C17H21NO3/c1-22-16(21)13-7-14-9-17(18,19)10-15(8-13)20(14)11-12-5-3-2-4-6-12;1-21-17(20)13-7-14-9-16(19)10-15(8-13)18(14)11-12-5-3-2-4-6-12/h2-6,13-15H,7-11H2,1H3;2-6,13-15H,7-11H2,1H3. The van der Waals surface area contributed by atoms with Crippen molar-refractivity contribution in [2.45, 2.75) is 94.5 Å². The van der Waals surface area contributed by atoms with Crippen LogP contribution < -0.4 is 0 Å². The van der Waals surface area contributed by atoms with Crippen LogP contribution in [0.1, 0.15) is 62.5 Å². The number of hydrogen-bond acceptors (Lipinski definition) is 7. The van der Waals surface area contributed by atoms with E-state index in [4.69, 9.17) is 9.47 Å². The fraction of sp³-hybridized carbons (Fsp3) is 0.559. The average molecular weight is 597 g/mol. The summed E-state index contributed by atoms with van der Waals surface area (Å²) in [5.74, 6) is -2.98. The fourth-order valence-electron chi connectivity index (χ4n) is 7.65.